The minimum atomic E-state index is -0.912. The van der Waals surface area contributed by atoms with Gasteiger partial charge in [0.1, 0.15) is 11.6 Å². The molecule has 1 atom stereocenters. The number of Topliss-reactive ketones (excluding diaryl/α,β-unsaturated/α-hetero) is 1. The zero-order valence-corrected chi connectivity index (χ0v) is 21.9. The van der Waals surface area contributed by atoms with Crippen LogP contribution in [0.15, 0.2) is 81.7 Å². The van der Waals surface area contributed by atoms with Gasteiger partial charge in [-0.15, -0.1) is 21.5 Å². The fourth-order valence-electron chi connectivity index (χ4n) is 3.92. The van der Waals surface area contributed by atoms with Crippen molar-refractivity contribution in [1.29, 1.82) is 0 Å². The monoisotopic (exact) mass is 553 g/mol. The zero-order valence-electron chi connectivity index (χ0n) is 19.5. The van der Waals surface area contributed by atoms with Crippen LogP contribution in [0.1, 0.15) is 33.8 Å². The lowest BCUT2D eigenvalue weighted by Gasteiger charge is -2.24. The van der Waals surface area contributed by atoms with Gasteiger partial charge in [-0.2, -0.15) is 0 Å². The van der Waals surface area contributed by atoms with E-state index in [4.69, 9.17) is 4.74 Å². The second-order valence-corrected chi connectivity index (χ2v) is 11.0. The van der Waals surface area contributed by atoms with Gasteiger partial charge in [0.2, 0.25) is 10.9 Å². The van der Waals surface area contributed by atoms with Crippen LogP contribution in [0.3, 0.4) is 0 Å². The third-order valence-electron chi connectivity index (χ3n) is 5.56. The normalized spacial score (nSPS) is 15.5. The highest BCUT2D eigenvalue weighted by Crippen LogP contribution is 2.44. The Hall–Kier alpha value is -3.54. The lowest BCUT2D eigenvalue weighted by molar-refractivity contribution is -0.117. The van der Waals surface area contributed by atoms with Crippen molar-refractivity contribution < 1.29 is 23.8 Å². The van der Waals surface area contributed by atoms with E-state index in [1.54, 1.807) is 53.9 Å². The molecule has 7 nitrogen and oxygen atoms in total. The van der Waals surface area contributed by atoms with Crippen LogP contribution in [0.4, 0.5) is 9.52 Å². The van der Waals surface area contributed by atoms with Crippen molar-refractivity contribution in [2.45, 2.75) is 23.1 Å². The van der Waals surface area contributed by atoms with Gasteiger partial charge >= 0.3 is 0 Å². The molecule has 1 unspecified atom stereocenters. The molecule has 0 saturated heterocycles. The average molecular weight is 554 g/mol. The van der Waals surface area contributed by atoms with E-state index in [9.17, 15) is 19.1 Å². The summed E-state index contributed by atoms with van der Waals surface area (Å²) in [5.74, 6) is -0.952. The number of ketones is 1. The van der Waals surface area contributed by atoms with Crippen LogP contribution in [0.5, 0.6) is 5.75 Å². The van der Waals surface area contributed by atoms with Crippen molar-refractivity contribution in [2.75, 3.05) is 11.5 Å². The highest BCUT2D eigenvalue weighted by molar-refractivity contribution is 8.00. The maximum atomic E-state index is 13.4. The number of benzene rings is 2. The molecule has 0 fully saturated rings. The van der Waals surface area contributed by atoms with Gasteiger partial charge in [-0.25, -0.2) is 4.39 Å². The number of thiophene rings is 1. The topological polar surface area (TPSA) is 92.6 Å². The largest absolute Gasteiger partial charge is 0.503 e. The molecular weight excluding hydrogens is 534 g/mol. The second kappa shape index (κ2) is 10.8. The van der Waals surface area contributed by atoms with E-state index in [2.05, 4.69) is 10.2 Å². The van der Waals surface area contributed by atoms with Gasteiger partial charge in [0, 0.05) is 5.75 Å². The smallest absolute Gasteiger partial charge is 0.296 e. The minimum absolute atomic E-state index is 0.0168. The number of ether oxygens (including phenoxy) is 1. The number of halogens is 1. The maximum absolute atomic E-state index is 13.4. The first kappa shape index (κ1) is 25.1. The number of aliphatic hydroxyl groups is 1. The fraction of sp³-hybridized carbons (Fsp3) is 0.154. The number of nitrogens with zero attached hydrogens (tertiary/aromatic N) is 3. The highest BCUT2D eigenvalue weighted by Gasteiger charge is 2.46. The van der Waals surface area contributed by atoms with Gasteiger partial charge in [-0.1, -0.05) is 53.4 Å². The number of carbonyl (C=O) groups excluding carboxylic acids is 2. The first-order valence-electron chi connectivity index (χ1n) is 11.2. The summed E-state index contributed by atoms with van der Waals surface area (Å²) in [4.78, 5) is 28.5. The molecule has 0 saturated carbocycles. The predicted molar refractivity (Wildman–Crippen MR) is 142 cm³/mol. The molecule has 0 bridgehead atoms. The van der Waals surface area contributed by atoms with E-state index in [-0.39, 0.29) is 16.5 Å². The molecule has 2 aromatic carbocycles. The summed E-state index contributed by atoms with van der Waals surface area (Å²) in [6, 6.07) is 15.7. The second-order valence-electron chi connectivity index (χ2n) is 7.92. The number of hydrogen-bond acceptors (Lipinski definition) is 9. The molecule has 3 heterocycles. The summed E-state index contributed by atoms with van der Waals surface area (Å²) in [6.45, 7) is 2.31. The Morgan fingerprint density at radius 1 is 1.16 bits per heavy atom. The summed E-state index contributed by atoms with van der Waals surface area (Å²) >= 11 is 3.81. The molecule has 37 heavy (non-hydrogen) atoms. The van der Waals surface area contributed by atoms with Gasteiger partial charge < -0.3 is 9.84 Å². The molecule has 2 aromatic heterocycles. The van der Waals surface area contributed by atoms with E-state index in [0.29, 0.717) is 32.9 Å². The number of aromatic nitrogens is 2. The van der Waals surface area contributed by atoms with Crippen LogP contribution in [0.2, 0.25) is 0 Å². The van der Waals surface area contributed by atoms with Crippen LogP contribution >= 0.6 is 34.4 Å². The first-order valence-corrected chi connectivity index (χ1v) is 13.9. The van der Waals surface area contributed by atoms with Crippen molar-refractivity contribution in [3.63, 3.8) is 0 Å². The Bertz CT molecular complexity index is 1470. The SMILES string of the molecule is CCOc1cccc(C2C(C(=O)c3cccs3)=C(O)C(=O)N2c2nnc(SCc3ccc(F)cc3)s2)c1. The molecular formula is C26H20FN3O4S3. The molecule has 1 N–H and O–H groups in total. The van der Waals surface area contributed by atoms with Crippen LogP contribution in [-0.2, 0) is 10.5 Å². The van der Waals surface area contributed by atoms with E-state index in [1.165, 1.54) is 51.5 Å². The van der Waals surface area contributed by atoms with E-state index in [1.807, 2.05) is 6.92 Å². The Morgan fingerprint density at radius 3 is 2.70 bits per heavy atom. The average Bonchev–Trinajstić information content (AvgIpc) is 3.65. The summed E-state index contributed by atoms with van der Waals surface area (Å²) in [5, 5.41) is 21.3. The molecule has 1 amide bonds. The summed E-state index contributed by atoms with van der Waals surface area (Å²) in [6.07, 6.45) is 0. The van der Waals surface area contributed by atoms with E-state index in [0.717, 1.165) is 5.56 Å². The first-order chi connectivity index (χ1) is 18.0. The van der Waals surface area contributed by atoms with Crippen molar-refractivity contribution >= 4 is 51.3 Å². The quantitative estimate of drug-likeness (QED) is 0.150. The number of thioether (sulfide) groups is 1. The number of rotatable bonds is 9. The molecule has 4 aromatic rings. The van der Waals surface area contributed by atoms with Gasteiger partial charge in [0.25, 0.3) is 5.91 Å². The molecule has 1 aliphatic heterocycles. The summed E-state index contributed by atoms with van der Waals surface area (Å²) < 4.78 is 19.4. The van der Waals surface area contributed by atoms with E-state index < -0.39 is 23.5 Å². The highest BCUT2D eigenvalue weighted by atomic mass is 32.2. The number of amides is 1. The van der Waals surface area contributed by atoms with Crippen LogP contribution in [-0.4, -0.2) is 33.6 Å². The molecule has 0 radical (unpaired) electrons. The lowest BCUT2D eigenvalue weighted by Crippen LogP contribution is -2.31. The van der Waals surface area contributed by atoms with E-state index >= 15 is 0 Å². The molecule has 188 valence electrons. The Balaban J connectivity index is 1.49. The van der Waals surface area contributed by atoms with Crippen molar-refractivity contribution in [2.24, 2.45) is 0 Å². The third-order valence-corrected chi connectivity index (χ3v) is 8.56. The van der Waals surface area contributed by atoms with Crippen LogP contribution in [0.25, 0.3) is 0 Å². The maximum Gasteiger partial charge on any atom is 0.296 e. The molecule has 11 heteroatoms. The van der Waals surface area contributed by atoms with Gasteiger partial charge in [0.05, 0.1) is 23.1 Å². The van der Waals surface area contributed by atoms with Crippen LogP contribution < -0.4 is 9.64 Å². The minimum Gasteiger partial charge on any atom is -0.503 e. The standard InChI is InChI=1S/C26H20FN3O4S3/c1-2-34-18-6-3-5-16(13-18)21-20(22(31)19-7-4-12-35-19)23(32)24(33)30(21)25-28-29-26(37-25)36-14-15-8-10-17(27)11-9-15/h3-13,21,32H,2,14H2,1H3. The molecule has 0 spiro atoms. The van der Waals surface area contributed by atoms with Crippen molar-refractivity contribution in [1.82, 2.24) is 10.2 Å². The van der Waals surface area contributed by atoms with Crippen molar-refractivity contribution in [3.05, 3.63) is 99.2 Å². The zero-order chi connectivity index (χ0) is 25.9. The Morgan fingerprint density at radius 2 is 1.97 bits per heavy atom. The Kier molecular flexibility index (Phi) is 7.36. The molecule has 1 aliphatic rings. The molecule has 0 aliphatic carbocycles. The number of hydrogen-bond donors (Lipinski definition) is 1. The van der Waals surface area contributed by atoms with Gasteiger partial charge in [-0.3, -0.25) is 14.5 Å². The van der Waals surface area contributed by atoms with Crippen LogP contribution in [0, 0.1) is 5.82 Å². The van der Waals surface area contributed by atoms with Gasteiger partial charge in [-0.05, 0) is 53.8 Å². The fourth-order valence-corrected chi connectivity index (χ4v) is 6.42. The number of aliphatic hydroxyl groups excluding tert-OH is 1. The summed E-state index contributed by atoms with van der Waals surface area (Å²) in [5.41, 5.74) is 1.49. The predicted octanol–water partition coefficient (Wildman–Crippen LogP) is 6.21. The Labute approximate surface area is 224 Å². The van der Waals surface area contributed by atoms with Gasteiger partial charge in [0.15, 0.2) is 10.1 Å². The van der Waals surface area contributed by atoms with Crippen molar-refractivity contribution in [3.8, 4) is 5.75 Å². The lowest BCUT2D eigenvalue weighted by atomic mass is 9.95. The third kappa shape index (κ3) is 5.15. The number of anilines is 1. The number of carbonyl (C=O) groups is 2. The molecule has 5 rings (SSSR count). The summed E-state index contributed by atoms with van der Waals surface area (Å²) in [7, 11) is 0.